The average molecular weight is 288 g/mol. The summed E-state index contributed by atoms with van der Waals surface area (Å²) in [6, 6.07) is 0.0613. The summed E-state index contributed by atoms with van der Waals surface area (Å²) in [5.74, 6) is 1.14. The van der Waals surface area contributed by atoms with Gasteiger partial charge in [0.05, 0.1) is 10.9 Å². The molecule has 1 aliphatic carbocycles. The molecule has 2 N–H and O–H groups in total. The number of hydrogen-bond acceptors (Lipinski definition) is 5. The van der Waals surface area contributed by atoms with Crippen LogP contribution in [-0.2, 0) is 0 Å². The fourth-order valence-electron chi connectivity index (χ4n) is 2.24. The van der Waals surface area contributed by atoms with Crippen LogP contribution in [0, 0.1) is 6.92 Å². The van der Waals surface area contributed by atoms with Crippen molar-refractivity contribution < 1.29 is 9.21 Å². The quantitative estimate of drug-likeness (QED) is 0.904. The lowest BCUT2D eigenvalue weighted by Gasteiger charge is -2.14. The SMILES string of the molecule is Cc1nc(NC2(C)CC2)c2c(C(=O)NC(C)C)coc2n1. The van der Waals surface area contributed by atoms with Crippen LogP contribution >= 0.6 is 0 Å². The van der Waals surface area contributed by atoms with Gasteiger partial charge in [-0.05, 0) is 40.5 Å². The molecule has 0 aromatic carbocycles. The monoisotopic (exact) mass is 288 g/mol. The molecule has 0 unspecified atom stereocenters. The predicted molar refractivity (Wildman–Crippen MR) is 80.4 cm³/mol. The number of rotatable bonds is 4. The molecule has 2 aromatic rings. The van der Waals surface area contributed by atoms with E-state index in [4.69, 9.17) is 4.42 Å². The number of anilines is 1. The summed E-state index contributed by atoms with van der Waals surface area (Å²) in [7, 11) is 0. The summed E-state index contributed by atoms with van der Waals surface area (Å²) in [6.07, 6.45) is 3.66. The topological polar surface area (TPSA) is 80.0 Å². The highest BCUT2D eigenvalue weighted by molar-refractivity contribution is 6.09. The minimum absolute atomic E-state index is 0.0613. The molecule has 1 saturated carbocycles. The Morgan fingerprint density at radius 1 is 1.38 bits per heavy atom. The van der Waals surface area contributed by atoms with Gasteiger partial charge in [-0.3, -0.25) is 4.79 Å². The third-order valence-electron chi connectivity index (χ3n) is 3.63. The Morgan fingerprint density at radius 2 is 2.10 bits per heavy atom. The normalized spacial score (nSPS) is 16.2. The minimum Gasteiger partial charge on any atom is -0.445 e. The number of carbonyl (C=O) groups is 1. The van der Waals surface area contributed by atoms with E-state index in [1.54, 1.807) is 0 Å². The molecule has 0 radical (unpaired) electrons. The molecule has 0 bridgehead atoms. The lowest BCUT2D eigenvalue weighted by Crippen LogP contribution is -2.30. The van der Waals surface area contributed by atoms with Crippen LogP contribution in [0.15, 0.2) is 10.7 Å². The first-order valence-electron chi connectivity index (χ1n) is 7.23. The molecule has 1 aliphatic rings. The second-order valence-electron chi connectivity index (χ2n) is 6.26. The zero-order valence-electron chi connectivity index (χ0n) is 12.8. The van der Waals surface area contributed by atoms with Gasteiger partial charge in [-0.15, -0.1) is 0 Å². The molecular formula is C15H20N4O2. The van der Waals surface area contributed by atoms with Crippen LogP contribution in [0.3, 0.4) is 0 Å². The van der Waals surface area contributed by atoms with Gasteiger partial charge in [-0.25, -0.2) is 4.98 Å². The van der Waals surface area contributed by atoms with Crippen molar-refractivity contribution in [1.29, 1.82) is 0 Å². The van der Waals surface area contributed by atoms with Gasteiger partial charge < -0.3 is 15.1 Å². The van der Waals surface area contributed by atoms with Crippen molar-refractivity contribution >= 4 is 22.8 Å². The van der Waals surface area contributed by atoms with Gasteiger partial charge in [0.1, 0.15) is 17.9 Å². The molecule has 0 atom stereocenters. The van der Waals surface area contributed by atoms with Gasteiger partial charge >= 0.3 is 0 Å². The Hall–Kier alpha value is -2.11. The van der Waals surface area contributed by atoms with Crippen LogP contribution < -0.4 is 10.6 Å². The van der Waals surface area contributed by atoms with Gasteiger partial charge in [-0.2, -0.15) is 4.98 Å². The molecule has 2 heterocycles. The molecule has 0 aliphatic heterocycles. The molecule has 6 nitrogen and oxygen atoms in total. The van der Waals surface area contributed by atoms with Crippen molar-refractivity contribution in [3.63, 3.8) is 0 Å². The minimum atomic E-state index is -0.166. The van der Waals surface area contributed by atoms with Crippen molar-refractivity contribution in [2.75, 3.05) is 5.32 Å². The molecule has 2 aromatic heterocycles. The number of hydrogen-bond donors (Lipinski definition) is 2. The van der Waals surface area contributed by atoms with Crippen molar-refractivity contribution in [3.05, 3.63) is 17.7 Å². The van der Waals surface area contributed by atoms with E-state index < -0.39 is 0 Å². The predicted octanol–water partition coefficient (Wildman–Crippen LogP) is 2.63. The Kier molecular flexibility index (Phi) is 3.11. The van der Waals surface area contributed by atoms with Crippen molar-refractivity contribution in [2.24, 2.45) is 0 Å². The fourth-order valence-corrected chi connectivity index (χ4v) is 2.24. The summed E-state index contributed by atoms with van der Waals surface area (Å²) in [5.41, 5.74) is 0.991. The van der Waals surface area contributed by atoms with E-state index in [0.29, 0.717) is 28.3 Å². The van der Waals surface area contributed by atoms with Gasteiger partial charge in [0.25, 0.3) is 5.91 Å². The molecule has 112 valence electrons. The summed E-state index contributed by atoms with van der Waals surface area (Å²) < 4.78 is 5.46. The number of nitrogens with zero attached hydrogens (tertiary/aromatic N) is 2. The molecule has 6 heteroatoms. The van der Waals surface area contributed by atoms with Crippen molar-refractivity contribution in [2.45, 2.75) is 52.1 Å². The van der Waals surface area contributed by atoms with Gasteiger partial charge in [0, 0.05) is 11.6 Å². The van der Waals surface area contributed by atoms with E-state index >= 15 is 0 Å². The zero-order chi connectivity index (χ0) is 15.2. The summed E-state index contributed by atoms with van der Waals surface area (Å²) >= 11 is 0. The number of aryl methyl sites for hydroxylation is 1. The third kappa shape index (κ3) is 2.70. The molecule has 0 saturated heterocycles. The molecule has 1 amide bonds. The van der Waals surface area contributed by atoms with Gasteiger partial charge in [-0.1, -0.05) is 0 Å². The van der Waals surface area contributed by atoms with E-state index in [0.717, 1.165) is 12.8 Å². The summed E-state index contributed by atoms with van der Waals surface area (Å²) in [6.45, 7) is 7.80. The first-order valence-corrected chi connectivity index (χ1v) is 7.23. The number of carbonyl (C=O) groups excluding carboxylic acids is 1. The maximum atomic E-state index is 12.3. The van der Waals surface area contributed by atoms with E-state index in [9.17, 15) is 4.79 Å². The highest BCUT2D eigenvalue weighted by Gasteiger charge is 2.38. The standard InChI is InChI=1S/C15H20N4O2/c1-8(2)16-13(20)10-7-21-14-11(10)12(17-9(3)18-14)19-15(4)5-6-15/h7-8H,5-6H2,1-4H3,(H,16,20)(H,17,18,19). The lowest BCUT2D eigenvalue weighted by molar-refractivity contribution is 0.0944. The van der Waals surface area contributed by atoms with Crippen molar-refractivity contribution in [1.82, 2.24) is 15.3 Å². The highest BCUT2D eigenvalue weighted by atomic mass is 16.3. The molecular weight excluding hydrogens is 268 g/mol. The zero-order valence-corrected chi connectivity index (χ0v) is 12.8. The Balaban J connectivity index is 2.07. The number of amides is 1. The maximum absolute atomic E-state index is 12.3. The fraction of sp³-hybridized carbons (Fsp3) is 0.533. The van der Waals surface area contributed by atoms with Crippen LogP contribution in [-0.4, -0.2) is 27.5 Å². The van der Waals surface area contributed by atoms with Crippen LogP contribution in [0.2, 0.25) is 0 Å². The first-order chi connectivity index (χ1) is 9.88. The van der Waals surface area contributed by atoms with E-state index in [1.165, 1.54) is 6.26 Å². The van der Waals surface area contributed by atoms with E-state index in [2.05, 4.69) is 27.5 Å². The Labute approximate surface area is 123 Å². The van der Waals surface area contributed by atoms with Crippen LogP contribution in [0.4, 0.5) is 5.82 Å². The summed E-state index contributed by atoms with van der Waals surface area (Å²) in [4.78, 5) is 21.0. The van der Waals surface area contributed by atoms with Crippen LogP contribution in [0.1, 0.15) is 49.8 Å². The second kappa shape index (κ2) is 4.72. The smallest absolute Gasteiger partial charge is 0.255 e. The molecule has 21 heavy (non-hydrogen) atoms. The van der Waals surface area contributed by atoms with Crippen molar-refractivity contribution in [3.8, 4) is 0 Å². The number of aromatic nitrogens is 2. The van der Waals surface area contributed by atoms with Crippen LogP contribution in [0.5, 0.6) is 0 Å². The third-order valence-corrected chi connectivity index (χ3v) is 3.63. The Bertz CT molecular complexity index is 701. The largest absolute Gasteiger partial charge is 0.445 e. The van der Waals surface area contributed by atoms with Gasteiger partial charge in [0.2, 0.25) is 5.71 Å². The Morgan fingerprint density at radius 3 is 2.71 bits per heavy atom. The molecule has 1 fully saturated rings. The van der Waals surface area contributed by atoms with Gasteiger partial charge in [0.15, 0.2) is 0 Å². The number of nitrogens with one attached hydrogen (secondary N) is 2. The maximum Gasteiger partial charge on any atom is 0.255 e. The average Bonchev–Trinajstić information content (AvgIpc) is 2.94. The number of furan rings is 1. The van der Waals surface area contributed by atoms with E-state index in [1.807, 2.05) is 20.8 Å². The number of fused-ring (bicyclic) bond motifs is 1. The summed E-state index contributed by atoms with van der Waals surface area (Å²) in [5, 5.41) is 6.95. The highest BCUT2D eigenvalue weighted by Crippen LogP contribution is 2.39. The lowest BCUT2D eigenvalue weighted by atomic mass is 10.2. The van der Waals surface area contributed by atoms with E-state index in [-0.39, 0.29) is 17.5 Å². The van der Waals surface area contributed by atoms with Crippen LogP contribution in [0.25, 0.3) is 11.1 Å². The first kappa shape index (κ1) is 13.9. The molecule has 0 spiro atoms. The second-order valence-corrected chi connectivity index (χ2v) is 6.26. The molecule has 3 rings (SSSR count).